The molecule has 7 heteroatoms. The largest absolute Gasteiger partial charge is 0.272 e. The molecule has 1 heterocycles. The number of hydrazone groups is 1. The fraction of sp³-hybridized carbons (Fsp3) is 0.0500. The quantitative estimate of drug-likeness (QED) is 0.428. The first-order valence-corrected chi connectivity index (χ1v) is 8.15. The molecule has 1 aromatic heterocycles. The Morgan fingerprint density at radius 1 is 1.00 bits per heavy atom. The number of hydrogen-bond acceptors (Lipinski definition) is 5. The third kappa shape index (κ3) is 4.21. The van der Waals surface area contributed by atoms with E-state index in [9.17, 15) is 14.9 Å². The van der Waals surface area contributed by atoms with Crippen LogP contribution in [0.3, 0.4) is 0 Å². The number of nitro groups is 1. The molecule has 0 spiro atoms. The van der Waals surface area contributed by atoms with E-state index in [4.69, 9.17) is 0 Å². The number of rotatable bonds is 5. The first kappa shape index (κ1) is 17.9. The number of carbonyl (C=O) groups excluding carboxylic acids is 1. The fourth-order valence-corrected chi connectivity index (χ4v) is 2.57. The maximum absolute atomic E-state index is 12.4. The van der Waals surface area contributed by atoms with E-state index in [0.29, 0.717) is 16.8 Å². The molecule has 3 aromatic rings. The Labute approximate surface area is 155 Å². The summed E-state index contributed by atoms with van der Waals surface area (Å²) in [6, 6.07) is 17.2. The molecule has 0 saturated carbocycles. The van der Waals surface area contributed by atoms with Crippen LogP contribution in [0.5, 0.6) is 0 Å². The van der Waals surface area contributed by atoms with Crippen LogP contribution < -0.4 is 5.43 Å². The van der Waals surface area contributed by atoms with Crippen molar-refractivity contribution in [2.75, 3.05) is 0 Å². The Morgan fingerprint density at radius 3 is 2.30 bits per heavy atom. The van der Waals surface area contributed by atoms with E-state index < -0.39 is 10.8 Å². The van der Waals surface area contributed by atoms with Gasteiger partial charge in [0.15, 0.2) is 0 Å². The molecule has 1 amide bonds. The van der Waals surface area contributed by atoms with Crippen LogP contribution in [0, 0.1) is 17.0 Å². The Bertz CT molecular complexity index is 961. The zero-order chi connectivity index (χ0) is 19.2. The van der Waals surface area contributed by atoms with Crippen LogP contribution in [0.1, 0.15) is 27.0 Å². The van der Waals surface area contributed by atoms with E-state index in [1.165, 1.54) is 18.2 Å². The van der Waals surface area contributed by atoms with Crippen molar-refractivity contribution in [1.29, 1.82) is 0 Å². The maximum atomic E-state index is 12.4. The summed E-state index contributed by atoms with van der Waals surface area (Å²) in [5.41, 5.74) is 5.43. The highest BCUT2D eigenvalue weighted by Gasteiger charge is 2.14. The van der Waals surface area contributed by atoms with Gasteiger partial charge in [0.2, 0.25) is 0 Å². The number of aromatic nitrogens is 1. The predicted molar refractivity (Wildman–Crippen MR) is 102 cm³/mol. The van der Waals surface area contributed by atoms with Gasteiger partial charge in [-0.2, -0.15) is 5.10 Å². The van der Waals surface area contributed by atoms with Crippen molar-refractivity contribution in [3.05, 3.63) is 105 Å². The van der Waals surface area contributed by atoms with Crippen molar-refractivity contribution >= 4 is 17.3 Å². The lowest BCUT2D eigenvalue weighted by Crippen LogP contribution is -2.20. The van der Waals surface area contributed by atoms with Crippen molar-refractivity contribution < 1.29 is 9.72 Å². The lowest BCUT2D eigenvalue weighted by atomic mass is 10.0. The Balaban J connectivity index is 1.90. The third-order valence-electron chi connectivity index (χ3n) is 3.93. The highest BCUT2D eigenvalue weighted by molar-refractivity contribution is 6.13. The molecule has 7 nitrogen and oxygen atoms in total. The van der Waals surface area contributed by atoms with Crippen molar-refractivity contribution in [2.24, 2.45) is 5.10 Å². The number of nitro benzene ring substituents is 1. The van der Waals surface area contributed by atoms with Gasteiger partial charge < -0.3 is 0 Å². The number of aryl methyl sites for hydroxylation is 1. The van der Waals surface area contributed by atoms with Crippen LogP contribution in [0.25, 0.3) is 0 Å². The molecule has 0 atom stereocenters. The summed E-state index contributed by atoms with van der Waals surface area (Å²) < 4.78 is 0. The van der Waals surface area contributed by atoms with E-state index in [-0.39, 0.29) is 5.69 Å². The van der Waals surface area contributed by atoms with Gasteiger partial charge in [0.1, 0.15) is 0 Å². The number of benzene rings is 2. The predicted octanol–water partition coefficient (Wildman–Crippen LogP) is 3.48. The second-order valence-corrected chi connectivity index (χ2v) is 5.76. The summed E-state index contributed by atoms with van der Waals surface area (Å²) >= 11 is 0. The zero-order valence-electron chi connectivity index (χ0n) is 14.5. The van der Waals surface area contributed by atoms with Crippen LogP contribution in [-0.2, 0) is 0 Å². The van der Waals surface area contributed by atoms with Gasteiger partial charge in [-0.3, -0.25) is 19.9 Å². The number of nitrogens with one attached hydrogen (secondary N) is 1. The van der Waals surface area contributed by atoms with Crippen LogP contribution in [0.2, 0.25) is 0 Å². The highest BCUT2D eigenvalue weighted by Crippen LogP contribution is 2.18. The van der Waals surface area contributed by atoms with Gasteiger partial charge in [0.25, 0.3) is 11.6 Å². The number of amides is 1. The van der Waals surface area contributed by atoms with Gasteiger partial charge in [-0.15, -0.1) is 0 Å². The molecule has 0 unspecified atom stereocenters. The normalized spacial score (nSPS) is 11.1. The molecule has 2 aromatic carbocycles. The molecular formula is C20H16N4O3. The Hall–Kier alpha value is -3.87. The fourth-order valence-electron chi connectivity index (χ4n) is 2.57. The summed E-state index contributed by atoms with van der Waals surface area (Å²) in [6.45, 7) is 1.59. The highest BCUT2D eigenvalue weighted by atomic mass is 16.6. The summed E-state index contributed by atoms with van der Waals surface area (Å²) in [4.78, 5) is 26.9. The van der Waals surface area contributed by atoms with Crippen LogP contribution in [0.15, 0.2) is 78.2 Å². The second-order valence-electron chi connectivity index (χ2n) is 5.76. The summed E-state index contributed by atoms with van der Waals surface area (Å²) in [5.74, 6) is -0.449. The van der Waals surface area contributed by atoms with E-state index in [2.05, 4.69) is 15.5 Å². The minimum Gasteiger partial charge on any atom is -0.267 e. The molecule has 1 N–H and O–H groups in total. The van der Waals surface area contributed by atoms with Crippen molar-refractivity contribution in [2.45, 2.75) is 6.92 Å². The van der Waals surface area contributed by atoms with Crippen molar-refractivity contribution in [3.63, 3.8) is 0 Å². The van der Waals surface area contributed by atoms with Crippen molar-refractivity contribution in [1.82, 2.24) is 10.4 Å². The SMILES string of the molecule is Cc1cc(C(=O)N/N=C(/c2ccccc2)c2ccncc2)ccc1[N+](=O)[O-]. The summed E-state index contributed by atoms with van der Waals surface area (Å²) in [5, 5.41) is 15.2. The van der Waals surface area contributed by atoms with E-state index in [0.717, 1.165) is 11.1 Å². The summed E-state index contributed by atoms with van der Waals surface area (Å²) in [6.07, 6.45) is 3.30. The molecule has 0 aliphatic heterocycles. The number of nitrogens with zero attached hydrogens (tertiary/aromatic N) is 3. The Morgan fingerprint density at radius 2 is 1.67 bits per heavy atom. The maximum Gasteiger partial charge on any atom is 0.272 e. The van der Waals surface area contributed by atoms with Crippen molar-refractivity contribution in [3.8, 4) is 0 Å². The first-order valence-electron chi connectivity index (χ1n) is 8.15. The molecule has 0 bridgehead atoms. The molecule has 134 valence electrons. The molecule has 0 radical (unpaired) electrons. The minimum atomic E-state index is -0.480. The zero-order valence-corrected chi connectivity index (χ0v) is 14.5. The number of carbonyl (C=O) groups is 1. The van der Waals surface area contributed by atoms with Crippen LogP contribution in [-0.4, -0.2) is 21.5 Å². The minimum absolute atomic E-state index is 0.0307. The van der Waals surface area contributed by atoms with Gasteiger partial charge in [0, 0.05) is 40.7 Å². The number of pyridine rings is 1. The molecule has 3 rings (SSSR count). The van der Waals surface area contributed by atoms with E-state index >= 15 is 0 Å². The average molecular weight is 360 g/mol. The smallest absolute Gasteiger partial charge is 0.267 e. The van der Waals surface area contributed by atoms with Crippen LogP contribution >= 0.6 is 0 Å². The number of hydrogen-bond donors (Lipinski definition) is 1. The second kappa shape index (κ2) is 8.01. The van der Waals surface area contributed by atoms with Gasteiger partial charge in [-0.25, -0.2) is 5.43 Å². The van der Waals surface area contributed by atoms with Gasteiger partial charge >= 0.3 is 0 Å². The average Bonchev–Trinajstić information content (AvgIpc) is 2.69. The molecule has 0 fully saturated rings. The lowest BCUT2D eigenvalue weighted by molar-refractivity contribution is -0.385. The first-order chi connectivity index (χ1) is 13.1. The van der Waals surface area contributed by atoms with Gasteiger partial charge in [0.05, 0.1) is 10.6 Å². The lowest BCUT2D eigenvalue weighted by Gasteiger charge is -2.08. The third-order valence-corrected chi connectivity index (χ3v) is 3.93. The Kier molecular flexibility index (Phi) is 5.32. The molecule has 0 aliphatic carbocycles. The van der Waals surface area contributed by atoms with Crippen LogP contribution in [0.4, 0.5) is 5.69 Å². The van der Waals surface area contributed by atoms with E-state index in [1.807, 2.05) is 30.3 Å². The molecular weight excluding hydrogens is 344 g/mol. The molecule has 0 aliphatic rings. The van der Waals surface area contributed by atoms with Gasteiger partial charge in [-0.05, 0) is 31.2 Å². The van der Waals surface area contributed by atoms with E-state index in [1.54, 1.807) is 31.5 Å². The molecule has 27 heavy (non-hydrogen) atoms. The topological polar surface area (TPSA) is 97.5 Å². The summed E-state index contributed by atoms with van der Waals surface area (Å²) in [7, 11) is 0. The standard InChI is InChI=1S/C20H16N4O3/c1-14-13-17(7-8-18(14)24(26)27)20(25)23-22-19(15-5-3-2-4-6-15)16-9-11-21-12-10-16/h2-13H,1H3,(H,23,25)/b22-19-. The van der Waals surface area contributed by atoms with Gasteiger partial charge in [-0.1, -0.05) is 30.3 Å². The monoisotopic (exact) mass is 360 g/mol. The molecule has 0 saturated heterocycles.